The maximum absolute atomic E-state index is 10.9. The molecule has 2 nitrogen and oxygen atoms in total. The first-order valence-electron chi connectivity index (χ1n) is 3.66. The monoisotopic (exact) mass is 213 g/mol. The molecule has 4 heteroatoms. The van der Waals surface area contributed by atoms with Gasteiger partial charge < -0.3 is 0 Å². The second-order valence-electron chi connectivity index (χ2n) is 2.64. The predicted molar refractivity (Wildman–Crippen MR) is 53.4 cm³/mol. The molecule has 0 aliphatic heterocycles. The molecule has 0 radical (unpaired) electrons. The number of rotatable bonds is 1. The van der Waals surface area contributed by atoms with Crippen LogP contribution in [0.4, 0.5) is 0 Å². The van der Waals surface area contributed by atoms with E-state index in [1.807, 2.05) is 24.3 Å². The van der Waals surface area contributed by atoms with Gasteiger partial charge in [0.05, 0.1) is 5.52 Å². The van der Waals surface area contributed by atoms with Crippen molar-refractivity contribution in [2.75, 3.05) is 0 Å². The molecule has 66 valence electrons. The number of para-hydroxylation sites is 1. The first-order valence-corrected chi connectivity index (χ1v) is 4.38. The highest BCUT2D eigenvalue weighted by Gasteiger charge is 2.11. The number of nitrogens with zero attached hydrogens (tertiary/aromatic N) is 1. The fourth-order valence-corrected chi connectivity index (χ4v) is 1.72. The molecule has 0 saturated carbocycles. The Kier molecular flexibility index (Phi) is 2.02. The second kappa shape index (κ2) is 3.05. The lowest BCUT2D eigenvalue weighted by Gasteiger charge is -1.93. The smallest absolute Gasteiger partial charge is 0.270 e. The molecule has 0 aliphatic rings. The normalized spacial score (nSPS) is 10.6. The van der Waals surface area contributed by atoms with Crippen molar-refractivity contribution in [2.24, 2.45) is 0 Å². The summed E-state index contributed by atoms with van der Waals surface area (Å²) in [5.41, 5.74) is 1.08. The van der Waals surface area contributed by atoms with Crippen molar-refractivity contribution in [3.63, 3.8) is 0 Å². The van der Waals surface area contributed by atoms with Gasteiger partial charge in [0.25, 0.3) is 5.24 Å². The largest absolute Gasteiger partial charge is 0.274 e. The lowest BCUT2D eigenvalue weighted by Crippen LogP contribution is -1.93. The Bertz CT molecular complexity index is 475. The topological polar surface area (TPSA) is 22.0 Å². The highest BCUT2D eigenvalue weighted by molar-refractivity contribution is 6.68. The van der Waals surface area contributed by atoms with Crippen molar-refractivity contribution in [3.05, 3.63) is 36.0 Å². The molecule has 0 saturated heterocycles. The van der Waals surface area contributed by atoms with Gasteiger partial charge in [0.2, 0.25) is 0 Å². The van der Waals surface area contributed by atoms with Crippen LogP contribution in [0, 0.1) is 0 Å². The average Bonchev–Trinajstić information content (AvgIpc) is 2.45. The van der Waals surface area contributed by atoms with Crippen molar-refractivity contribution in [2.45, 2.75) is 0 Å². The lowest BCUT2D eigenvalue weighted by molar-refractivity contribution is 0.107. The molecule has 1 aromatic heterocycles. The van der Waals surface area contributed by atoms with Crippen LogP contribution in [0.25, 0.3) is 10.9 Å². The number of carbonyl (C=O) groups excluding carboxylic acids is 1. The molecular formula is C9H5Cl2NO. The molecule has 2 aromatic rings. The molecule has 0 fully saturated rings. The van der Waals surface area contributed by atoms with E-state index in [1.54, 1.807) is 6.07 Å². The summed E-state index contributed by atoms with van der Waals surface area (Å²) in [6.07, 6.45) is 0. The van der Waals surface area contributed by atoms with Crippen LogP contribution in [0.2, 0.25) is 0 Å². The fraction of sp³-hybridized carbons (Fsp3) is 0. The van der Waals surface area contributed by atoms with Gasteiger partial charge in [-0.15, -0.1) is 0 Å². The van der Waals surface area contributed by atoms with E-state index in [0.717, 1.165) is 10.9 Å². The number of benzene rings is 1. The van der Waals surface area contributed by atoms with Crippen LogP contribution in [0.5, 0.6) is 0 Å². The fourth-order valence-electron chi connectivity index (χ4n) is 1.26. The Morgan fingerprint density at radius 1 is 1.31 bits per heavy atom. The van der Waals surface area contributed by atoms with Crippen molar-refractivity contribution < 1.29 is 4.79 Å². The summed E-state index contributed by atoms with van der Waals surface area (Å²) in [5.74, 6) is 0. The molecule has 0 amide bonds. The van der Waals surface area contributed by atoms with Gasteiger partial charge >= 0.3 is 0 Å². The SMILES string of the molecule is O=C(Cl)c1cc2ccccc2n1Cl. The van der Waals surface area contributed by atoms with Gasteiger partial charge in [0.1, 0.15) is 5.69 Å². The van der Waals surface area contributed by atoms with Gasteiger partial charge in [-0.1, -0.05) is 18.2 Å². The standard InChI is InChI=1S/C9H5Cl2NO/c10-9(13)8-5-6-3-1-2-4-7(6)12(8)11/h1-5H. The number of hydrogen-bond acceptors (Lipinski definition) is 1. The summed E-state index contributed by atoms with van der Waals surface area (Å²) < 4.78 is 1.27. The van der Waals surface area contributed by atoms with Crippen molar-refractivity contribution >= 4 is 39.5 Å². The predicted octanol–water partition coefficient (Wildman–Crippen LogP) is 3.02. The van der Waals surface area contributed by atoms with Crippen LogP contribution in [-0.4, -0.2) is 9.33 Å². The Balaban J connectivity index is 2.81. The number of aromatic nitrogens is 1. The van der Waals surface area contributed by atoms with E-state index >= 15 is 0 Å². The van der Waals surface area contributed by atoms with Crippen molar-refractivity contribution in [1.29, 1.82) is 0 Å². The third kappa shape index (κ3) is 1.32. The molecule has 0 atom stereocenters. The summed E-state index contributed by atoms with van der Waals surface area (Å²) >= 11 is 11.2. The first-order chi connectivity index (χ1) is 6.20. The number of halogens is 2. The molecule has 1 aromatic carbocycles. The van der Waals surface area contributed by atoms with E-state index in [-0.39, 0.29) is 0 Å². The van der Waals surface area contributed by atoms with E-state index in [0.29, 0.717) is 5.69 Å². The summed E-state index contributed by atoms with van der Waals surface area (Å²) in [7, 11) is 0. The van der Waals surface area contributed by atoms with E-state index in [1.165, 1.54) is 4.09 Å². The zero-order chi connectivity index (χ0) is 9.42. The number of hydrogen-bond donors (Lipinski definition) is 0. The van der Waals surface area contributed by atoms with Gasteiger partial charge in [-0.25, -0.2) is 4.09 Å². The minimum atomic E-state index is -0.550. The van der Waals surface area contributed by atoms with Gasteiger partial charge in [-0.2, -0.15) is 0 Å². The molecule has 0 aliphatic carbocycles. The Morgan fingerprint density at radius 3 is 2.62 bits per heavy atom. The van der Waals surface area contributed by atoms with E-state index in [2.05, 4.69) is 0 Å². The van der Waals surface area contributed by atoms with Crippen LogP contribution in [0.1, 0.15) is 10.5 Å². The summed E-state index contributed by atoms with van der Waals surface area (Å²) in [4.78, 5) is 10.9. The molecule has 0 spiro atoms. The highest BCUT2D eigenvalue weighted by Crippen LogP contribution is 2.21. The van der Waals surface area contributed by atoms with Gasteiger partial charge in [-0.05, 0) is 23.7 Å². The van der Waals surface area contributed by atoms with Crippen LogP contribution in [-0.2, 0) is 0 Å². The average molecular weight is 214 g/mol. The third-order valence-electron chi connectivity index (χ3n) is 1.85. The van der Waals surface area contributed by atoms with Crippen LogP contribution < -0.4 is 0 Å². The lowest BCUT2D eigenvalue weighted by atomic mass is 10.2. The Hall–Kier alpha value is -0.990. The maximum Gasteiger partial charge on any atom is 0.270 e. The van der Waals surface area contributed by atoms with Gasteiger partial charge in [-0.3, -0.25) is 4.79 Å². The van der Waals surface area contributed by atoms with Crippen molar-refractivity contribution in [1.82, 2.24) is 4.09 Å². The first kappa shape index (κ1) is 8.60. The zero-order valence-corrected chi connectivity index (χ0v) is 8.01. The van der Waals surface area contributed by atoms with Crippen LogP contribution >= 0.6 is 23.4 Å². The molecule has 2 rings (SSSR count). The number of fused-ring (bicyclic) bond motifs is 1. The molecular weight excluding hydrogens is 209 g/mol. The molecule has 1 heterocycles. The van der Waals surface area contributed by atoms with E-state index in [9.17, 15) is 4.79 Å². The van der Waals surface area contributed by atoms with Crippen molar-refractivity contribution in [3.8, 4) is 0 Å². The Morgan fingerprint density at radius 2 is 2.00 bits per heavy atom. The summed E-state index contributed by atoms with van der Waals surface area (Å²) in [5, 5.41) is 0.354. The molecule has 0 bridgehead atoms. The third-order valence-corrected chi connectivity index (χ3v) is 2.41. The zero-order valence-electron chi connectivity index (χ0n) is 6.50. The van der Waals surface area contributed by atoms with E-state index in [4.69, 9.17) is 23.4 Å². The second-order valence-corrected chi connectivity index (χ2v) is 3.32. The Labute approximate surface area is 84.8 Å². The van der Waals surface area contributed by atoms with Crippen LogP contribution in [0.15, 0.2) is 30.3 Å². The number of carbonyl (C=O) groups is 1. The maximum atomic E-state index is 10.9. The van der Waals surface area contributed by atoms with E-state index < -0.39 is 5.24 Å². The molecule has 0 unspecified atom stereocenters. The quantitative estimate of drug-likeness (QED) is 0.668. The molecule has 13 heavy (non-hydrogen) atoms. The highest BCUT2D eigenvalue weighted by atomic mass is 35.5. The summed E-state index contributed by atoms with van der Waals surface area (Å²) in [6, 6.07) is 9.09. The van der Waals surface area contributed by atoms with Gasteiger partial charge in [0.15, 0.2) is 0 Å². The van der Waals surface area contributed by atoms with Crippen LogP contribution in [0.3, 0.4) is 0 Å². The van der Waals surface area contributed by atoms with Gasteiger partial charge in [0, 0.05) is 17.2 Å². The minimum Gasteiger partial charge on any atom is -0.274 e. The molecule has 0 N–H and O–H groups in total. The summed E-state index contributed by atoms with van der Waals surface area (Å²) in [6.45, 7) is 0. The minimum absolute atomic E-state index is 0.296.